The average Bonchev–Trinajstić information content (AvgIpc) is 2.50. The largest absolute Gasteiger partial charge is 0.382 e. The van der Waals surface area contributed by atoms with Crippen molar-refractivity contribution in [1.82, 2.24) is 0 Å². The van der Waals surface area contributed by atoms with Crippen molar-refractivity contribution in [2.24, 2.45) is 0 Å². The smallest absolute Gasteiger partial charge is 0.152 e. The lowest BCUT2D eigenvalue weighted by molar-refractivity contribution is -0.00338. The van der Waals surface area contributed by atoms with Crippen molar-refractivity contribution >= 4 is 5.57 Å². The van der Waals surface area contributed by atoms with Crippen molar-refractivity contribution in [1.29, 1.82) is 0 Å². The predicted octanol–water partition coefficient (Wildman–Crippen LogP) is 3.87. The summed E-state index contributed by atoms with van der Waals surface area (Å²) in [4.78, 5) is 0. The Balaban J connectivity index is 2.11. The maximum Gasteiger partial charge on any atom is 0.152 e. The zero-order valence-electron chi connectivity index (χ0n) is 12.3. The molecule has 0 saturated carbocycles. The molecular formula is C17H20F2O2. The van der Waals surface area contributed by atoms with Gasteiger partial charge >= 0.3 is 0 Å². The van der Waals surface area contributed by atoms with Gasteiger partial charge in [0.2, 0.25) is 0 Å². The lowest BCUT2D eigenvalue weighted by atomic mass is 9.95. The Morgan fingerprint density at radius 2 is 1.86 bits per heavy atom. The van der Waals surface area contributed by atoms with E-state index in [0.29, 0.717) is 12.2 Å². The van der Waals surface area contributed by atoms with Gasteiger partial charge in [0.05, 0.1) is 13.2 Å². The molecule has 0 aliphatic heterocycles. The molecular weight excluding hydrogens is 274 g/mol. The summed E-state index contributed by atoms with van der Waals surface area (Å²) in [5.41, 5.74) is 2.55. The maximum atomic E-state index is 14.1. The fraction of sp³-hybridized carbons (Fsp3) is 0.412. The predicted molar refractivity (Wildman–Crippen MR) is 79.5 cm³/mol. The van der Waals surface area contributed by atoms with E-state index in [4.69, 9.17) is 9.47 Å². The van der Waals surface area contributed by atoms with Crippen LogP contribution in [0.5, 0.6) is 0 Å². The number of methoxy groups -OCH3 is 1. The molecule has 114 valence electrons. The van der Waals surface area contributed by atoms with Crippen LogP contribution in [0, 0.1) is 0 Å². The fourth-order valence-electron chi connectivity index (χ4n) is 2.23. The highest BCUT2D eigenvalue weighted by Crippen LogP contribution is 2.30. The molecule has 1 aliphatic carbocycles. The molecule has 2 atom stereocenters. The molecule has 2 rings (SSSR count). The Morgan fingerprint density at radius 1 is 1.14 bits per heavy atom. The second-order valence-electron chi connectivity index (χ2n) is 4.93. The first-order valence-electron chi connectivity index (χ1n) is 7.08. The molecule has 0 spiro atoms. The van der Waals surface area contributed by atoms with Crippen LogP contribution >= 0.6 is 0 Å². The van der Waals surface area contributed by atoms with Crippen LogP contribution in [-0.4, -0.2) is 32.6 Å². The summed E-state index contributed by atoms with van der Waals surface area (Å²) < 4.78 is 38.1. The number of allylic oxidation sites excluding steroid dienone is 2. The van der Waals surface area contributed by atoms with Crippen LogP contribution in [0.15, 0.2) is 42.2 Å². The van der Waals surface area contributed by atoms with Gasteiger partial charge in [-0.05, 0) is 35.3 Å². The van der Waals surface area contributed by atoms with Crippen LogP contribution in [0.1, 0.15) is 18.1 Å². The molecule has 2 nitrogen and oxygen atoms in total. The first-order valence-corrected chi connectivity index (χ1v) is 7.08. The van der Waals surface area contributed by atoms with E-state index >= 15 is 0 Å². The van der Waals surface area contributed by atoms with Gasteiger partial charge in [-0.1, -0.05) is 31.2 Å². The van der Waals surface area contributed by atoms with Gasteiger partial charge in [0.25, 0.3) is 0 Å². The Labute approximate surface area is 124 Å². The summed E-state index contributed by atoms with van der Waals surface area (Å²) >= 11 is 0. The number of hydrogen-bond acceptors (Lipinski definition) is 2. The molecule has 0 heterocycles. The van der Waals surface area contributed by atoms with Crippen LogP contribution in [0.2, 0.25) is 0 Å². The van der Waals surface area contributed by atoms with E-state index in [1.165, 1.54) is 24.8 Å². The number of alkyl halides is 1. The first-order chi connectivity index (χ1) is 10.2. The van der Waals surface area contributed by atoms with E-state index in [9.17, 15) is 8.78 Å². The summed E-state index contributed by atoms with van der Waals surface area (Å²) in [6, 6.07) is 7.70. The van der Waals surface area contributed by atoms with Crippen LogP contribution in [-0.2, 0) is 15.9 Å². The number of halogens is 2. The fourth-order valence-corrected chi connectivity index (χ4v) is 2.23. The van der Waals surface area contributed by atoms with Crippen molar-refractivity contribution in [2.45, 2.75) is 25.6 Å². The molecule has 0 radical (unpaired) electrons. The van der Waals surface area contributed by atoms with Gasteiger partial charge in [-0.3, -0.25) is 0 Å². The Morgan fingerprint density at radius 3 is 2.43 bits per heavy atom. The minimum Gasteiger partial charge on any atom is -0.382 e. The van der Waals surface area contributed by atoms with Gasteiger partial charge in [0, 0.05) is 7.11 Å². The van der Waals surface area contributed by atoms with Gasteiger partial charge in [0.15, 0.2) is 6.17 Å². The molecule has 2 unspecified atom stereocenters. The zero-order chi connectivity index (χ0) is 15.2. The van der Waals surface area contributed by atoms with Crippen molar-refractivity contribution < 1.29 is 18.3 Å². The molecule has 1 aromatic carbocycles. The summed E-state index contributed by atoms with van der Waals surface area (Å²) in [6.45, 7) is 2.54. The molecule has 0 amide bonds. The van der Waals surface area contributed by atoms with Gasteiger partial charge in [-0.25, -0.2) is 8.78 Å². The zero-order valence-corrected chi connectivity index (χ0v) is 12.3. The topological polar surface area (TPSA) is 18.5 Å². The third-order valence-corrected chi connectivity index (χ3v) is 3.47. The minimum atomic E-state index is -1.49. The van der Waals surface area contributed by atoms with E-state index in [0.717, 1.165) is 12.0 Å². The lowest BCUT2D eigenvalue weighted by Crippen LogP contribution is -2.28. The van der Waals surface area contributed by atoms with E-state index in [1.807, 2.05) is 24.3 Å². The molecule has 4 heteroatoms. The molecule has 0 saturated heterocycles. The van der Waals surface area contributed by atoms with E-state index < -0.39 is 18.1 Å². The highest BCUT2D eigenvalue weighted by molar-refractivity contribution is 5.76. The van der Waals surface area contributed by atoms with E-state index in [-0.39, 0.29) is 6.61 Å². The number of aryl methyl sites for hydroxylation is 1. The first kappa shape index (κ1) is 15.9. The standard InChI is InChI=1S/C17H20F2O2/c1-3-12-4-6-13(7-5-12)14-10-15(18)17(16(19)11-14)21-9-8-20-2/h4-7,10-11,15,17H,3,8-9H2,1-2H3. The SMILES string of the molecule is CCc1ccc(C2=CC(F)C(OCCOC)C(F)=C2)cc1. The van der Waals surface area contributed by atoms with Gasteiger partial charge in [-0.15, -0.1) is 0 Å². The molecule has 0 N–H and O–H groups in total. The lowest BCUT2D eigenvalue weighted by Gasteiger charge is -2.23. The highest BCUT2D eigenvalue weighted by Gasteiger charge is 2.29. The summed E-state index contributed by atoms with van der Waals surface area (Å²) in [7, 11) is 1.52. The molecule has 0 fully saturated rings. The number of hydrogen-bond donors (Lipinski definition) is 0. The van der Waals surface area contributed by atoms with Crippen molar-refractivity contribution in [2.75, 3.05) is 20.3 Å². The Hall–Kier alpha value is -1.52. The monoisotopic (exact) mass is 294 g/mol. The van der Waals surface area contributed by atoms with Crippen LogP contribution in [0.3, 0.4) is 0 Å². The number of rotatable bonds is 6. The van der Waals surface area contributed by atoms with Crippen LogP contribution in [0.25, 0.3) is 5.57 Å². The van der Waals surface area contributed by atoms with Crippen LogP contribution < -0.4 is 0 Å². The molecule has 21 heavy (non-hydrogen) atoms. The molecule has 0 bridgehead atoms. The third-order valence-electron chi connectivity index (χ3n) is 3.47. The molecule has 0 aromatic heterocycles. The Kier molecular flexibility index (Phi) is 5.65. The summed E-state index contributed by atoms with van der Waals surface area (Å²) in [5.74, 6) is -0.587. The van der Waals surface area contributed by atoms with Gasteiger partial charge in [0.1, 0.15) is 11.9 Å². The average molecular weight is 294 g/mol. The van der Waals surface area contributed by atoms with Gasteiger partial charge in [-0.2, -0.15) is 0 Å². The second-order valence-corrected chi connectivity index (χ2v) is 4.93. The third kappa shape index (κ3) is 3.99. The normalized spacial score (nSPS) is 21.9. The van der Waals surface area contributed by atoms with Crippen molar-refractivity contribution in [3.05, 3.63) is 53.4 Å². The maximum absolute atomic E-state index is 14.1. The van der Waals surface area contributed by atoms with Crippen LogP contribution in [0.4, 0.5) is 8.78 Å². The van der Waals surface area contributed by atoms with E-state index in [2.05, 4.69) is 6.92 Å². The number of benzene rings is 1. The summed E-state index contributed by atoms with van der Waals surface area (Å²) in [6.07, 6.45) is 1.02. The Bertz CT molecular complexity index is 520. The van der Waals surface area contributed by atoms with Gasteiger partial charge < -0.3 is 9.47 Å². The molecule has 1 aromatic rings. The minimum absolute atomic E-state index is 0.164. The summed E-state index contributed by atoms with van der Waals surface area (Å²) in [5, 5.41) is 0. The quantitative estimate of drug-likeness (QED) is 0.742. The van der Waals surface area contributed by atoms with E-state index in [1.54, 1.807) is 0 Å². The van der Waals surface area contributed by atoms with Crippen molar-refractivity contribution in [3.63, 3.8) is 0 Å². The second kappa shape index (κ2) is 7.48. The number of ether oxygens (including phenoxy) is 2. The van der Waals surface area contributed by atoms with Crippen molar-refractivity contribution in [3.8, 4) is 0 Å². The molecule has 1 aliphatic rings. The highest BCUT2D eigenvalue weighted by atomic mass is 19.1.